The molecule has 0 saturated heterocycles. The zero-order chi connectivity index (χ0) is 30.6. The number of amides is 2. The van der Waals surface area contributed by atoms with E-state index in [2.05, 4.69) is 42.6 Å². The van der Waals surface area contributed by atoms with Gasteiger partial charge in [0.25, 0.3) is 0 Å². The van der Waals surface area contributed by atoms with Crippen molar-refractivity contribution in [1.82, 2.24) is 10.3 Å². The minimum absolute atomic E-state index is 0.0877. The zero-order valence-corrected chi connectivity index (χ0v) is 26.2. The Morgan fingerprint density at radius 3 is 2.39 bits per heavy atom. The van der Waals surface area contributed by atoms with Gasteiger partial charge in [-0.25, -0.2) is 9.78 Å². The number of hydrogen-bond acceptors (Lipinski definition) is 6. The molecule has 1 N–H and O–H groups in total. The van der Waals surface area contributed by atoms with Crippen LogP contribution in [0, 0.1) is 18.8 Å². The number of rotatable bonds is 9. The maximum absolute atomic E-state index is 14.3. The predicted octanol–water partition coefficient (Wildman–Crippen LogP) is 7.76. The third-order valence-corrected chi connectivity index (χ3v) is 9.85. The van der Waals surface area contributed by atoms with Crippen molar-refractivity contribution >= 4 is 17.7 Å². The second-order valence-electron chi connectivity index (χ2n) is 12.9. The van der Waals surface area contributed by atoms with Crippen molar-refractivity contribution in [2.24, 2.45) is 11.8 Å². The molecular weight excluding hydrogens is 554 g/mol. The molecule has 0 atom stereocenters. The molecule has 0 aliphatic heterocycles. The van der Waals surface area contributed by atoms with Gasteiger partial charge in [-0.05, 0) is 112 Å². The van der Waals surface area contributed by atoms with Crippen molar-refractivity contribution in [3.8, 4) is 17.0 Å². The van der Waals surface area contributed by atoms with Crippen LogP contribution in [0.25, 0.3) is 11.3 Å². The summed E-state index contributed by atoms with van der Waals surface area (Å²) in [6, 6.07) is 14.8. The Bertz CT molecular complexity index is 1450. The van der Waals surface area contributed by atoms with E-state index in [1.807, 2.05) is 17.0 Å². The summed E-state index contributed by atoms with van der Waals surface area (Å²) in [5, 5.41) is 2.53. The fraction of sp³-hybridized carbons (Fsp3) is 0.528. The second-order valence-corrected chi connectivity index (χ2v) is 12.9. The summed E-state index contributed by atoms with van der Waals surface area (Å²) in [6.45, 7) is 2.81. The molecule has 1 heterocycles. The molecule has 3 aromatic rings. The van der Waals surface area contributed by atoms with Gasteiger partial charge < -0.3 is 24.1 Å². The number of nitrogens with one attached hydrogen (secondary N) is 1. The van der Waals surface area contributed by atoms with Crippen LogP contribution in [0.15, 0.2) is 53.1 Å². The average Bonchev–Trinajstić information content (AvgIpc) is 3.79. The number of nitrogens with zero attached hydrogens (tertiary/aromatic N) is 2. The van der Waals surface area contributed by atoms with E-state index in [9.17, 15) is 9.59 Å². The molecule has 0 spiro atoms. The number of hydrogen-bond donors (Lipinski definition) is 1. The lowest BCUT2D eigenvalue weighted by Crippen LogP contribution is -2.42. The van der Waals surface area contributed by atoms with Crippen LogP contribution in [0.2, 0.25) is 0 Å². The van der Waals surface area contributed by atoms with Crippen molar-refractivity contribution in [3.63, 3.8) is 0 Å². The Balaban J connectivity index is 1.17. The van der Waals surface area contributed by atoms with Gasteiger partial charge in [-0.3, -0.25) is 4.79 Å². The number of methoxy groups -OCH3 is 1. The number of carbonyl (C=O) groups is 2. The van der Waals surface area contributed by atoms with E-state index in [-0.39, 0.29) is 17.9 Å². The number of oxazole rings is 1. The van der Waals surface area contributed by atoms with Crippen LogP contribution in [-0.2, 0) is 9.53 Å². The number of alkyl carbamates (subject to hydrolysis) is 1. The van der Waals surface area contributed by atoms with Gasteiger partial charge in [0.2, 0.25) is 5.91 Å². The van der Waals surface area contributed by atoms with Crippen LogP contribution in [0.3, 0.4) is 0 Å². The van der Waals surface area contributed by atoms with Crippen LogP contribution >= 0.6 is 0 Å². The van der Waals surface area contributed by atoms with Crippen LogP contribution in [0.1, 0.15) is 93.1 Å². The predicted molar refractivity (Wildman–Crippen MR) is 170 cm³/mol. The molecule has 3 fully saturated rings. The SMILES string of the molecule is CNC(=O)O[C@H]1CC[C@H](C(=O)N(C[C@H]2CC[C@H](c3ccc(OC)c(C)c3)CC2)c2cccc(-c3coc(C4CC4)n3)c2)CC1. The lowest BCUT2D eigenvalue weighted by Gasteiger charge is -2.36. The molecule has 2 aromatic carbocycles. The first-order valence-corrected chi connectivity index (χ1v) is 16.3. The first-order valence-electron chi connectivity index (χ1n) is 16.3. The van der Waals surface area contributed by atoms with Crippen LogP contribution < -0.4 is 15.0 Å². The average molecular weight is 600 g/mol. The first-order chi connectivity index (χ1) is 21.4. The molecule has 3 aliphatic carbocycles. The van der Waals surface area contributed by atoms with Crippen molar-refractivity contribution < 1.29 is 23.5 Å². The number of ether oxygens (including phenoxy) is 2. The number of aromatic nitrogens is 1. The number of aryl methyl sites for hydroxylation is 1. The minimum atomic E-state index is -0.406. The Morgan fingerprint density at radius 2 is 1.70 bits per heavy atom. The van der Waals surface area contributed by atoms with Gasteiger partial charge in [-0.15, -0.1) is 0 Å². The third kappa shape index (κ3) is 6.95. The smallest absolute Gasteiger partial charge is 0.407 e. The molecule has 0 unspecified atom stereocenters. The van der Waals surface area contributed by atoms with E-state index in [4.69, 9.17) is 18.9 Å². The van der Waals surface area contributed by atoms with Gasteiger partial charge in [0.15, 0.2) is 5.89 Å². The highest BCUT2D eigenvalue weighted by molar-refractivity contribution is 5.95. The Morgan fingerprint density at radius 1 is 0.955 bits per heavy atom. The van der Waals surface area contributed by atoms with E-state index >= 15 is 0 Å². The summed E-state index contributed by atoms with van der Waals surface area (Å²) >= 11 is 0. The van der Waals surface area contributed by atoms with Crippen LogP contribution in [0.5, 0.6) is 5.75 Å². The molecule has 234 valence electrons. The molecule has 2 amide bonds. The molecule has 8 heteroatoms. The molecule has 8 nitrogen and oxygen atoms in total. The highest BCUT2D eigenvalue weighted by Crippen LogP contribution is 2.41. The summed E-state index contributed by atoms with van der Waals surface area (Å²) < 4.78 is 16.7. The summed E-state index contributed by atoms with van der Waals surface area (Å²) in [4.78, 5) is 32.8. The lowest BCUT2D eigenvalue weighted by atomic mass is 9.78. The standard InChI is InChI=1S/C36H45N3O5/c1-23-19-28(15-18-33(23)42-3)25-9-7-24(8-10-25)21-39(35(40)27-13-16-31(17-14-27)44-36(41)37-2)30-6-4-5-29(20-30)32-22-43-34(38-32)26-11-12-26/h4-6,15,18-20,22,24-27,31H,7-14,16-17,21H2,1-3H3,(H,37,41)/t24-,25-,27-,31-. The Hall–Kier alpha value is -3.81. The fourth-order valence-corrected chi connectivity index (χ4v) is 7.04. The molecule has 3 aliphatic rings. The summed E-state index contributed by atoms with van der Waals surface area (Å²) in [7, 11) is 3.29. The number of anilines is 1. The highest BCUT2D eigenvalue weighted by Gasteiger charge is 2.34. The molecule has 6 rings (SSSR count). The van der Waals surface area contributed by atoms with Crippen LogP contribution in [0.4, 0.5) is 10.5 Å². The fourth-order valence-electron chi connectivity index (χ4n) is 7.04. The number of carbonyl (C=O) groups excluding carboxylic acids is 2. The zero-order valence-electron chi connectivity index (χ0n) is 26.2. The minimum Gasteiger partial charge on any atom is -0.496 e. The summed E-state index contributed by atoms with van der Waals surface area (Å²) in [6.07, 6.45) is 10.7. The Kier molecular flexibility index (Phi) is 9.24. The van der Waals surface area contributed by atoms with Crippen molar-refractivity contribution in [1.29, 1.82) is 0 Å². The van der Waals surface area contributed by atoms with E-state index in [1.54, 1.807) is 20.4 Å². The van der Waals surface area contributed by atoms with Gasteiger partial charge in [0.05, 0.1) is 7.11 Å². The van der Waals surface area contributed by atoms with Gasteiger partial charge in [-0.1, -0.05) is 24.3 Å². The Labute approximate surface area is 260 Å². The maximum Gasteiger partial charge on any atom is 0.407 e. The summed E-state index contributed by atoms with van der Waals surface area (Å²) in [5.41, 5.74) is 5.27. The van der Waals surface area contributed by atoms with Crippen molar-refractivity contribution in [2.75, 3.05) is 25.6 Å². The third-order valence-electron chi connectivity index (χ3n) is 9.85. The van der Waals surface area contributed by atoms with E-state index in [1.165, 1.54) is 11.1 Å². The van der Waals surface area contributed by atoms with E-state index < -0.39 is 6.09 Å². The molecule has 1 aromatic heterocycles. The molecular formula is C36H45N3O5. The van der Waals surface area contributed by atoms with E-state index in [0.717, 1.165) is 67.1 Å². The van der Waals surface area contributed by atoms with Crippen LogP contribution in [-0.4, -0.2) is 43.8 Å². The van der Waals surface area contributed by atoms with Gasteiger partial charge in [0, 0.05) is 36.7 Å². The van der Waals surface area contributed by atoms with E-state index in [0.29, 0.717) is 50.0 Å². The van der Waals surface area contributed by atoms with Crippen molar-refractivity contribution in [3.05, 3.63) is 65.7 Å². The monoisotopic (exact) mass is 599 g/mol. The van der Waals surface area contributed by atoms with Crippen molar-refractivity contribution in [2.45, 2.75) is 89.1 Å². The number of benzene rings is 2. The summed E-state index contributed by atoms with van der Waals surface area (Å²) in [5.74, 6) is 3.25. The van der Waals surface area contributed by atoms with Gasteiger partial charge in [-0.2, -0.15) is 0 Å². The quantitative estimate of drug-likeness (QED) is 0.270. The molecule has 0 radical (unpaired) electrons. The normalized spacial score (nSPS) is 23.5. The topological polar surface area (TPSA) is 93.9 Å². The van der Waals surface area contributed by atoms with Gasteiger partial charge >= 0.3 is 6.09 Å². The molecule has 0 bridgehead atoms. The lowest BCUT2D eigenvalue weighted by molar-refractivity contribution is -0.124. The van der Waals surface area contributed by atoms with Gasteiger partial charge in [0.1, 0.15) is 23.8 Å². The molecule has 44 heavy (non-hydrogen) atoms. The molecule has 3 saturated carbocycles. The highest BCUT2D eigenvalue weighted by atomic mass is 16.6. The largest absolute Gasteiger partial charge is 0.496 e. The second kappa shape index (κ2) is 13.4. The first kappa shape index (κ1) is 30.2. The maximum atomic E-state index is 14.3.